The van der Waals surface area contributed by atoms with Crippen molar-refractivity contribution < 1.29 is 9.90 Å². The number of aliphatic hydroxyl groups excluding tert-OH is 1. The number of halogens is 1. The lowest BCUT2D eigenvalue weighted by molar-refractivity contribution is 0.0904. The van der Waals surface area contributed by atoms with Crippen LogP contribution in [0.1, 0.15) is 36.2 Å². The maximum absolute atomic E-state index is 12.0. The van der Waals surface area contributed by atoms with Gasteiger partial charge in [-0.3, -0.25) is 4.79 Å². The lowest BCUT2D eigenvalue weighted by Crippen LogP contribution is -2.35. The maximum Gasteiger partial charge on any atom is 0.269 e. The third-order valence-corrected chi connectivity index (χ3v) is 4.22. The second-order valence-electron chi connectivity index (χ2n) is 5.04. The normalized spacial score (nSPS) is 23.1. The van der Waals surface area contributed by atoms with E-state index in [1.165, 1.54) is 12.8 Å². The molecule has 0 aromatic carbocycles. The Bertz CT molecular complexity index is 439. The summed E-state index contributed by atoms with van der Waals surface area (Å²) < 4.78 is 0.658. The minimum Gasteiger partial charge on any atom is -0.396 e. The van der Waals surface area contributed by atoms with Gasteiger partial charge in [0.1, 0.15) is 10.3 Å². The second-order valence-corrected chi connectivity index (χ2v) is 5.86. The summed E-state index contributed by atoms with van der Waals surface area (Å²) in [6.07, 6.45) is 4.51. The molecule has 1 heterocycles. The van der Waals surface area contributed by atoms with Crippen molar-refractivity contribution in [3.8, 4) is 0 Å². The van der Waals surface area contributed by atoms with Crippen LogP contribution in [0.15, 0.2) is 22.8 Å². The number of aromatic nitrogens is 1. The first-order valence-electron chi connectivity index (χ1n) is 6.72. The predicted octanol–water partition coefficient (Wildman–Crippen LogP) is 2.37. The van der Waals surface area contributed by atoms with Crippen LogP contribution >= 0.6 is 15.9 Å². The Morgan fingerprint density at radius 1 is 1.37 bits per heavy atom. The highest BCUT2D eigenvalue weighted by Gasteiger charge is 2.24. The highest BCUT2D eigenvalue weighted by Crippen LogP contribution is 2.29. The number of rotatable bonds is 4. The van der Waals surface area contributed by atoms with Gasteiger partial charge in [-0.1, -0.05) is 18.9 Å². The Morgan fingerprint density at radius 2 is 2.11 bits per heavy atom. The lowest BCUT2D eigenvalue weighted by atomic mass is 9.79. The topological polar surface area (TPSA) is 62.2 Å². The van der Waals surface area contributed by atoms with Gasteiger partial charge >= 0.3 is 0 Å². The first kappa shape index (κ1) is 14.5. The minimum atomic E-state index is -0.149. The zero-order valence-electron chi connectivity index (χ0n) is 10.8. The van der Waals surface area contributed by atoms with Crippen molar-refractivity contribution in [1.82, 2.24) is 10.3 Å². The fourth-order valence-electron chi connectivity index (χ4n) is 2.64. The zero-order valence-corrected chi connectivity index (χ0v) is 12.4. The number of carbonyl (C=O) groups excluding carboxylic acids is 1. The smallest absolute Gasteiger partial charge is 0.269 e. The SMILES string of the molecule is O=C(NCC1CCCCC1CO)c1cccc(Br)n1. The van der Waals surface area contributed by atoms with Crippen LogP contribution in [-0.4, -0.2) is 29.1 Å². The van der Waals surface area contributed by atoms with E-state index in [-0.39, 0.29) is 12.5 Å². The summed E-state index contributed by atoms with van der Waals surface area (Å²) in [5.41, 5.74) is 0.422. The number of pyridine rings is 1. The standard InChI is InChI=1S/C14H19BrN2O2/c15-13-7-3-6-12(17-13)14(19)16-8-10-4-1-2-5-11(10)9-18/h3,6-7,10-11,18H,1-2,4-5,8-9H2,(H,16,19). The van der Waals surface area contributed by atoms with Gasteiger partial charge in [0.2, 0.25) is 0 Å². The van der Waals surface area contributed by atoms with Crippen molar-refractivity contribution in [2.45, 2.75) is 25.7 Å². The van der Waals surface area contributed by atoms with Crippen LogP contribution in [0.25, 0.3) is 0 Å². The summed E-state index contributed by atoms with van der Waals surface area (Å²) in [6, 6.07) is 5.29. The van der Waals surface area contributed by atoms with E-state index in [0.717, 1.165) is 12.8 Å². The van der Waals surface area contributed by atoms with Crippen molar-refractivity contribution >= 4 is 21.8 Å². The number of hydrogen-bond donors (Lipinski definition) is 2. The summed E-state index contributed by atoms with van der Waals surface area (Å²) >= 11 is 3.25. The molecule has 104 valence electrons. The van der Waals surface area contributed by atoms with Crippen LogP contribution in [-0.2, 0) is 0 Å². The van der Waals surface area contributed by atoms with Gasteiger partial charge in [-0.05, 0) is 52.7 Å². The van der Waals surface area contributed by atoms with E-state index >= 15 is 0 Å². The molecule has 19 heavy (non-hydrogen) atoms. The molecule has 2 unspecified atom stereocenters. The summed E-state index contributed by atoms with van der Waals surface area (Å²) in [4.78, 5) is 16.1. The number of hydrogen-bond acceptors (Lipinski definition) is 3. The first-order chi connectivity index (χ1) is 9.20. The highest BCUT2D eigenvalue weighted by atomic mass is 79.9. The molecule has 1 aromatic heterocycles. The highest BCUT2D eigenvalue weighted by molar-refractivity contribution is 9.10. The molecule has 1 aromatic rings. The molecule has 0 aliphatic heterocycles. The van der Waals surface area contributed by atoms with Crippen molar-refractivity contribution in [2.24, 2.45) is 11.8 Å². The molecular formula is C14H19BrN2O2. The Kier molecular flexibility index (Phi) is 5.34. The lowest BCUT2D eigenvalue weighted by Gasteiger charge is -2.30. The average Bonchev–Trinajstić information content (AvgIpc) is 2.45. The summed E-state index contributed by atoms with van der Waals surface area (Å²) in [5, 5.41) is 12.3. The Hall–Kier alpha value is -0.940. The van der Waals surface area contributed by atoms with Crippen molar-refractivity contribution in [2.75, 3.05) is 13.2 Å². The number of nitrogens with zero attached hydrogens (tertiary/aromatic N) is 1. The largest absolute Gasteiger partial charge is 0.396 e. The summed E-state index contributed by atoms with van der Waals surface area (Å²) in [6.45, 7) is 0.841. The van der Waals surface area contributed by atoms with Crippen LogP contribution in [0.5, 0.6) is 0 Å². The van der Waals surface area contributed by atoms with Gasteiger partial charge in [-0.15, -0.1) is 0 Å². The fraction of sp³-hybridized carbons (Fsp3) is 0.571. The van der Waals surface area contributed by atoms with E-state index in [9.17, 15) is 9.90 Å². The first-order valence-corrected chi connectivity index (χ1v) is 7.51. The molecule has 4 nitrogen and oxygen atoms in total. The van der Waals surface area contributed by atoms with Crippen LogP contribution < -0.4 is 5.32 Å². The van der Waals surface area contributed by atoms with Crippen LogP contribution in [0, 0.1) is 11.8 Å². The molecule has 0 bridgehead atoms. The molecular weight excluding hydrogens is 308 g/mol. The Balaban J connectivity index is 1.89. The molecule has 1 amide bonds. The molecule has 5 heteroatoms. The molecule has 2 rings (SSSR count). The number of aliphatic hydroxyl groups is 1. The second kappa shape index (κ2) is 7.01. The molecule has 1 aliphatic carbocycles. The van der Waals surface area contributed by atoms with E-state index in [1.807, 2.05) is 0 Å². The van der Waals surface area contributed by atoms with Crippen LogP contribution in [0.2, 0.25) is 0 Å². The summed E-state index contributed by atoms with van der Waals surface area (Å²) in [5.74, 6) is 0.558. The van der Waals surface area contributed by atoms with Gasteiger partial charge < -0.3 is 10.4 Å². The third kappa shape index (κ3) is 4.01. The molecule has 2 N–H and O–H groups in total. The van der Waals surface area contributed by atoms with Gasteiger partial charge in [-0.25, -0.2) is 4.98 Å². The van der Waals surface area contributed by atoms with E-state index in [4.69, 9.17) is 0 Å². The third-order valence-electron chi connectivity index (χ3n) is 3.77. The van der Waals surface area contributed by atoms with Crippen molar-refractivity contribution in [3.63, 3.8) is 0 Å². The molecule has 1 aliphatic rings. The number of carbonyl (C=O) groups is 1. The zero-order chi connectivity index (χ0) is 13.7. The minimum absolute atomic E-state index is 0.149. The number of amides is 1. The monoisotopic (exact) mass is 326 g/mol. The van der Waals surface area contributed by atoms with Crippen LogP contribution in [0.3, 0.4) is 0 Å². The van der Waals surface area contributed by atoms with E-state index in [2.05, 4.69) is 26.2 Å². The van der Waals surface area contributed by atoms with Gasteiger partial charge in [0.05, 0.1) is 0 Å². The van der Waals surface area contributed by atoms with Crippen molar-refractivity contribution in [1.29, 1.82) is 0 Å². The van der Waals surface area contributed by atoms with E-state index in [1.54, 1.807) is 18.2 Å². The fourth-order valence-corrected chi connectivity index (χ4v) is 2.99. The maximum atomic E-state index is 12.0. The van der Waals surface area contributed by atoms with Gasteiger partial charge in [-0.2, -0.15) is 0 Å². The predicted molar refractivity (Wildman–Crippen MR) is 76.8 cm³/mol. The van der Waals surface area contributed by atoms with Gasteiger partial charge in [0.15, 0.2) is 0 Å². The van der Waals surface area contributed by atoms with E-state index < -0.39 is 0 Å². The van der Waals surface area contributed by atoms with Gasteiger partial charge in [0.25, 0.3) is 5.91 Å². The Morgan fingerprint density at radius 3 is 2.79 bits per heavy atom. The molecule has 1 fully saturated rings. The van der Waals surface area contributed by atoms with Gasteiger partial charge in [0, 0.05) is 13.2 Å². The molecule has 0 spiro atoms. The Labute approximate surface area is 121 Å². The van der Waals surface area contributed by atoms with Crippen LogP contribution in [0.4, 0.5) is 0 Å². The molecule has 0 saturated heterocycles. The van der Waals surface area contributed by atoms with Crippen molar-refractivity contribution in [3.05, 3.63) is 28.5 Å². The number of nitrogens with one attached hydrogen (secondary N) is 1. The molecule has 0 radical (unpaired) electrons. The molecule has 1 saturated carbocycles. The van der Waals surface area contributed by atoms with E-state index in [0.29, 0.717) is 28.7 Å². The quantitative estimate of drug-likeness (QED) is 0.835. The molecule has 2 atom stereocenters. The summed E-state index contributed by atoms with van der Waals surface area (Å²) in [7, 11) is 0. The average molecular weight is 327 g/mol.